The van der Waals surface area contributed by atoms with E-state index in [4.69, 9.17) is 4.98 Å². The number of aliphatic hydroxyl groups excluding tert-OH is 1. The zero-order valence-corrected chi connectivity index (χ0v) is 12.8. The number of hydrogen-bond donors (Lipinski definition) is 1. The molecule has 2 aliphatic carbocycles. The summed E-state index contributed by atoms with van der Waals surface area (Å²) in [6.45, 7) is 4.46. The van der Waals surface area contributed by atoms with E-state index in [0.29, 0.717) is 5.92 Å². The smallest absolute Gasteiger partial charge is 0.193 e. The molecule has 0 bridgehead atoms. The number of fused-ring (bicyclic) bond motifs is 1. The van der Waals surface area contributed by atoms with Crippen LogP contribution in [-0.2, 0) is 6.42 Å². The molecule has 2 heterocycles. The van der Waals surface area contributed by atoms with Crippen LogP contribution < -0.4 is 0 Å². The number of rotatable bonds is 2. The number of hydrogen-bond acceptors (Lipinski definition) is 3. The fourth-order valence-corrected chi connectivity index (χ4v) is 4.18. The molecular formula is C16H20N2OS. The van der Waals surface area contributed by atoms with Crippen molar-refractivity contribution in [3.05, 3.63) is 34.6 Å². The molecule has 1 fully saturated rings. The maximum atomic E-state index is 10.3. The molecule has 106 valence electrons. The molecule has 0 radical (unpaired) electrons. The van der Waals surface area contributed by atoms with Gasteiger partial charge in [0.15, 0.2) is 5.13 Å². The summed E-state index contributed by atoms with van der Waals surface area (Å²) in [6.07, 6.45) is 6.17. The Morgan fingerprint density at radius 1 is 1.40 bits per heavy atom. The van der Waals surface area contributed by atoms with Crippen molar-refractivity contribution in [2.75, 3.05) is 0 Å². The van der Waals surface area contributed by atoms with Gasteiger partial charge >= 0.3 is 0 Å². The second-order valence-electron chi connectivity index (χ2n) is 6.98. The molecule has 0 saturated heterocycles. The van der Waals surface area contributed by atoms with Crippen molar-refractivity contribution in [3.8, 4) is 5.13 Å². The Balaban J connectivity index is 1.75. The summed E-state index contributed by atoms with van der Waals surface area (Å²) in [7, 11) is 0. The van der Waals surface area contributed by atoms with E-state index in [1.807, 2.05) is 0 Å². The zero-order valence-electron chi connectivity index (χ0n) is 12.0. The zero-order chi connectivity index (χ0) is 13.9. The van der Waals surface area contributed by atoms with E-state index in [0.717, 1.165) is 23.5 Å². The summed E-state index contributed by atoms with van der Waals surface area (Å²) >= 11 is 1.72. The quantitative estimate of drug-likeness (QED) is 0.912. The predicted molar refractivity (Wildman–Crippen MR) is 80.5 cm³/mol. The largest absolute Gasteiger partial charge is 0.388 e. The van der Waals surface area contributed by atoms with E-state index in [2.05, 4.69) is 36.1 Å². The van der Waals surface area contributed by atoms with Gasteiger partial charge in [-0.3, -0.25) is 4.57 Å². The van der Waals surface area contributed by atoms with Gasteiger partial charge in [-0.15, -0.1) is 11.3 Å². The van der Waals surface area contributed by atoms with Crippen LogP contribution in [0.2, 0.25) is 0 Å². The molecule has 2 aromatic rings. The molecule has 0 spiro atoms. The molecule has 1 atom stereocenters. The van der Waals surface area contributed by atoms with E-state index >= 15 is 0 Å². The highest BCUT2D eigenvalue weighted by Crippen LogP contribution is 2.43. The summed E-state index contributed by atoms with van der Waals surface area (Å²) in [5, 5.41) is 13.6. The van der Waals surface area contributed by atoms with Gasteiger partial charge in [-0.05, 0) is 37.2 Å². The molecule has 4 heteroatoms. The first kappa shape index (κ1) is 12.6. The second kappa shape index (κ2) is 4.18. The molecule has 1 saturated carbocycles. The Kier molecular flexibility index (Phi) is 2.63. The normalized spacial score (nSPS) is 24.6. The lowest BCUT2D eigenvalue weighted by Gasteiger charge is -2.33. The molecule has 1 N–H and O–H groups in total. The van der Waals surface area contributed by atoms with Crippen molar-refractivity contribution in [1.29, 1.82) is 0 Å². The van der Waals surface area contributed by atoms with E-state index in [1.54, 1.807) is 11.3 Å². The van der Waals surface area contributed by atoms with Crippen molar-refractivity contribution >= 4 is 11.3 Å². The van der Waals surface area contributed by atoms with Crippen LogP contribution in [0.25, 0.3) is 5.13 Å². The number of aromatic nitrogens is 2. The van der Waals surface area contributed by atoms with E-state index in [9.17, 15) is 5.11 Å². The van der Waals surface area contributed by atoms with Crippen LogP contribution in [0.15, 0.2) is 17.6 Å². The topological polar surface area (TPSA) is 38.0 Å². The molecule has 3 nitrogen and oxygen atoms in total. The van der Waals surface area contributed by atoms with Crippen LogP contribution in [0.1, 0.15) is 62.1 Å². The number of aliphatic hydroxyl groups is 1. The summed E-state index contributed by atoms with van der Waals surface area (Å²) in [5.74, 6) is 0.702. The lowest BCUT2D eigenvalue weighted by molar-refractivity contribution is 0.0987. The Morgan fingerprint density at radius 3 is 2.95 bits per heavy atom. The van der Waals surface area contributed by atoms with Gasteiger partial charge in [0, 0.05) is 28.8 Å². The lowest BCUT2D eigenvalue weighted by atomic mass is 9.75. The van der Waals surface area contributed by atoms with Crippen LogP contribution in [0.3, 0.4) is 0 Å². The number of nitrogens with zero attached hydrogens (tertiary/aromatic N) is 2. The highest BCUT2D eigenvalue weighted by molar-refractivity contribution is 7.12. The van der Waals surface area contributed by atoms with Crippen molar-refractivity contribution in [3.63, 3.8) is 0 Å². The first-order valence-corrected chi connectivity index (χ1v) is 8.25. The average molecular weight is 288 g/mol. The van der Waals surface area contributed by atoms with E-state index in [1.165, 1.54) is 24.2 Å². The maximum Gasteiger partial charge on any atom is 0.193 e. The SMILES string of the molecule is CC1(C)Cc2c(ccn2-c2nc(C3CC3)cs2)C(O)C1. The highest BCUT2D eigenvalue weighted by Gasteiger charge is 2.34. The van der Waals surface area contributed by atoms with Crippen LogP contribution in [0.4, 0.5) is 0 Å². The highest BCUT2D eigenvalue weighted by atomic mass is 32.1. The van der Waals surface area contributed by atoms with Gasteiger partial charge in [-0.2, -0.15) is 0 Å². The third-order valence-corrected chi connectivity index (χ3v) is 5.35. The first-order valence-electron chi connectivity index (χ1n) is 7.37. The second-order valence-corrected chi connectivity index (χ2v) is 7.81. The fraction of sp³-hybridized carbons (Fsp3) is 0.562. The Labute approximate surface area is 123 Å². The summed E-state index contributed by atoms with van der Waals surface area (Å²) in [6, 6.07) is 2.06. The molecule has 20 heavy (non-hydrogen) atoms. The minimum Gasteiger partial charge on any atom is -0.388 e. The van der Waals surface area contributed by atoms with Crippen LogP contribution in [0, 0.1) is 5.41 Å². The molecule has 2 aromatic heterocycles. The van der Waals surface area contributed by atoms with E-state index in [-0.39, 0.29) is 11.5 Å². The summed E-state index contributed by atoms with van der Waals surface area (Å²) in [5.41, 5.74) is 3.74. The molecule has 0 amide bonds. The molecular weight excluding hydrogens is 268 g/mol. The van der Waals surface area contributed by atoms with Crippen LogP contribution in [0.5, 0.6) is 0 Å². The first-order chi connectivity index (χ1) is 9.53. The maximum absolute atomic E-state index is 10.3. The lowest BCUT2D eigenvalue weighted by Crippen LogP contribution is -2.26. The Hall–Kier alpha value is -1.13. The number of thiazole rings is 1. The molecule has 4 rings (SSSR count). The monoisotopic (exact) mass is 288 g/mol. The predicted octanol–water partition coefficient (Wildman–Crippen LogP) is 3.82. The van der Waals surface area contributed by atoms with Gasteiger partial charge in [-0.1, -0.05) is 13.8 Å². The van der Waals surface area contributed by atoms with E-state index < -0.39 is 0 Å². The van der Waals surface area contributed by atoms with Gasteiger partial charge in [0.05, 0.1) is 11.8 Å². The summed E-state index contributed by atoms with van der Waals surface area (Å²) < 4.78 is 2.19. The Bertz CT molecular complexity index is 651. The minimum absolute atomic E-state index is 0.152. The third kappa shape index (κ3) is 2.02. The minimum atomic E-state index is -0.335. The Morgan fingerprint density at radius 2 is 2.20 bits per heavy atom. The molecule has 1 unspecified atom stereocenters. The van der Waals surface area contributed by atoms with Gasteiger partial charge in [-0.25, -0.2) is 4.98 Å². The molecule has 0 aliphatic heterocycles. The van der Waals surface area contributed by atoms with Crippen molar-refractivity contribution < 1.29 is 5.11 Å². The van der Waals surface area contributed by atoms with Crippen LogP contribution in [-0.4, -0.2) is 14.7 Å². The average Bonchev–Trinajstić information content (AvgIpc) is 2.95. The molecule has 2 aliphatic rings. The van der Waals surface area contributed by atoms with Crippen LogP contribution >= 0.6 is 11.3 Å². The molecule has 0 aromatic carbocycles. The van der Waals surface area contributed by atoms with Gasteiger partial charge in [0.1, 0.15) is 0 Å². The standard InChI is InChI=1S/C16H20N2OS/c1-16(2)7-13-11(14(19)8-16)5-6-18(13)15-17-12(9-20-15)10-3-4-10/h5-6,9-10,14,19H,3-4,7-8H2,1-2H3. The third-order valence-electron chi connectivity index (χ3n) is 4.49. The van der Waals surface area contributed by atoms with Gasteiger partial charge in [0.2, 0.25) is 0 Å². The van der Waals surface area contributed by atoms with Crippen molar-refractivity contribution in [2.45, 2.75) is 51.6 Å². The fourth-order valence-electron chi connectivity index (χ4n) is 3.26. The van der Waals surface area contributed by atoms with Gasteiger partial charge in [0.25, 0.3) is 0 Å². The summed E-state index contributed by atoms with van der Waals surface area (Å²) in [4.78, 5) is 4.80. The van der Waals surface area contributed by atoms with Crippen molar-refractivity contribution in [1.82, 2.24) is 9.55 Å². The van der Waals surface area contributed by atoms with Gasteiger partial charge < -0.3 is 5.11 Å². The van der Waals surface area contributed by atoms with Crippen molar-refractivity contribution in [2.24, 2.45) is 5.41 Å².